The molecule has 0 aliphatic carbocycles. The molecule has 2 heterocycles. The quantitative estimate of drug-likeness (QED) is 0.894. The first-order valence-electron chi connectivity index (χ1n) is 6.95. The molecule has 1 aromatic carbocycles. The van der Waals surface area contributed by atoms with Crippen LogP contribution in [0.15, 0.2) is 12.1 Å². The summed E-state index contributed by atoms with van der Waals surface area (Å²) in [5.74, 6) is 0. The molecular weight excluding hydrogens is 236 g/mol. The summed E-state index contributed by atoms with van der Waals surface area (Å²) in [7, 11) is 0. The Morgan fingerprint density at radius 1 is 1.32 bits per heavy atom. The molecule has 100 valence electrons. The standard InChI is InChI=1S/C16H20N2O/c1-4-17-16-12-8-10(2)7-11(3)15(12)18-14-5-6-19-9-13(14)16/h7-8H,4-6,9H2,1-3H3,(H,17,18). The molecule has 1 aliphatic rings. The van der Waals surface area contributed by atoms with Crippen LogP contribution in [0.25, 0.3) is 10.9 Å². The predicted octanol–water partition coefficient (Wildman–Crippen LogP) is 3.36. The SMILES string of the molecule is CCNc1c2c(nc3c(C)cc(C)cc13)CCOC2. The molecule has 0 atom stereocenters. The smallest absolute Gasteiger partial charge is 0.0755 e. The Kier molecular flexibility index (Phi) is 3.15. The van der Waals surface area contributed by atoms with Crippen molar-refractivity contribution in [1.82, 2.24) is 4.98 Å². The Bertz CT molecular complexity index is 634. The van der Waals surface area contributed by atoms with Gasteiger partial charge in [-0.05, 0) is 32.4 Å². The van der Waals surface area contributed by atoms with Crippen molar-refractivity contribution in [1.29, 1.82) is 0 Å². The van der Waals surface area contributed by atoms with Crippen LogP contribution in [0.5, 0.6) is 0 Å². The van der Waals surface area contributed by atoms with Crippen LogP contribution in [0.3, 0.4) is 0 Å². The lowest BCUT2D eigenvalue weighted by molar-refractivity contribution is 0.110. The fourth-order valence-corrected chi connectivity index (χ4v) is 2.89. The van der Waals surface area contributed by atoms with Crippen LogP contribution in [-0.4, -0.2) is 18.1 Å². The minimum atomic E-state index is 0.674. The fourth-order valence-electron chi connectivity index (χ4n) is 2.89. The number of nitrogens with one attached hydrogen (secondary N) is 1. The van der Waals surface area contributed by atoms with Crippen LogP contribution in [0.1, 0.15) is 29.3 Å². The van der Waals surface area contributed by atoms with Crippen molar-refractivity contribution >= 4 is 16.6 Å². The minimum absolute atomic E-state index is 0.674. The second-order valence-corrected chi connectivity index (χ2v) is 5.22. The number of rotatable bonds is 2. The van der Waals surface area contributed by atoms with Crippen LogP contribution in [0, 0.1) is 13.8 Å². The van der Waals surface area contributed by atoms with Gasteiger partial charge >= 0.3 is 0 Å². The third kappa shape index (κ3) is 2.08. The number of anilines is 1. The highest BCUT2D eigenvalue weighted by molar-refractivity contribution is 5.95. The van der Waals surface area contributed by atoms with Gasteiger partial charge in [0.2, 0.25) is 0 Å². The monoisotopic (exact) mass is 256 g/mol. The maximum absolute atomic E-state index is 5.61. The summed E-state index contributed by atoms with van der Waals surface area (Å²) in [5.41, 5.74) is 7.31. The molecule has 1 N–H and O–H groups in total. The molecule has 1 aromatic heterocycles. The van der Waals surface area contributed by atoms with Crippen LogP contribution in [0.4, 0.5) is 5.69 Å². The molecule has 1 aliphatic heterocycles. The topological polar surface area (TPSA) is 34.2 Å². The molecule has 3 rings (SSSR count). The molecule has 0 bridgehead atoms. The third-order valence-electron chi connectivity index (χ3n) is 3.69. The summed E-state index contributed by atoms with van der Waals surface area (Å²) in [6.45, 7) is 8.78. The van der Waals surface area contributed by atoms with Crippen molar-refractivity contribution in [2.24, 2.45) is 0 Å². The van der Waals surface area contributed by atoms with Crippen LogP contribution in [0.2, 0.25) is 0 Å². The maximum atomic E-state index is 5.61. The maximum Gasteiger partial charge on any atom is 0.0755 e. The molecule has 0 fully saturated rings. The molecule has 0 radical (unpaired) electrons. The molecule has 19 heavy (non-hydrogen) atoms. The third-order valence-corrected chi connectivity index (χ3v) is 3.69. The van der Waals surface area contributed by atoms with E-state index in [0.29, 0.717) is 6.61 Å². The number of pyridine rings is 1. The predicted molar refractivity (Wildman–Crippen MR) is 78.7 cm³/mol. The second kappa shape index (κ2) is 4.82. The Morgan fingerprint density at radius 2 is 2.16 bits per heavy atom. The second-order valence-electron chi connectivity index (χ2n) is 5.22. The van der Waals surface area contributed by atoms with Crippen LogP contribution in [-0.2, 0) is 17.8 Å². The van der Waals surface area contributed by atoms with E-state index in [1.54, 1.807) is 0 Å². The zero-order chi connectivity index (χ0) is 13.4. The summed E-state index contributed by atoms with van der Waals surface area (Å²) in [5, 5.41) is 4.74. The lowest BCUT2D eigenvalue weighted by atomic mass is 9.99. The molecule has 0 saturated heterocycles. The summed E-state index contributed by atoms with van der Waals surface area (Å²) < 4.78 is 5.61. The average Bonchev–Trinajstić information content (AvgIpc) is 2.40. The molecule has 3 nitrogen and oxygen atoms in total. The van der Waals surface area contributed by atoms with Crippen LogP contribution < -0.4 is 5.32 Å². The van der Waals surface area contributed by atoms with Gasteiger partial charge in [-0.25, -0.2) is 0 Å². The van der Waals surface area contributed by atoms with Crippen molar-refractivity contribution in [3.8, 4) is 0 Å². The van der Waals surface area contributed by atoms with E-state index < -0.39 is 0 Å². The highest BCUT2D eigenvalue weighted by Gasteiger charge is 2.19. The van der Waals surface area contributed by atoms with Crippen molar-refractivity contribution in [3.63, 3.8) is 0 Å². The number of aryl methyl sites for hydroxylation is 2. The first-order valence-corrected chi connectivity index (χ1v) is 6.95. The van der Waals surface area contributed by atoms with E-state index in [1.807, 2.05) is 0 Å². The van der Waals surface area contributed by atoms with Gasteiger partial charge < -0.3 is 10.1 Å². The van der Waals surface area contributed by atoms with Gasteiger partial charge in [0.15, 0.2) is 0 Å². The average molecular weight is 256 g/mol. The number of hydrogen-bond acceptors (Lipinski definition) is 3. The normalized spacial score (nSPS) is 14.5. The van der Waals surface area contributed by atoms with E-state index in [9.17, 15) is 0 Å². The highest BCUT2D eigenvalue weighted by Crippen LogP contribution is 2.33. The van der Waals surface area contributed by atoms with Gasteiger partial charge in [-0.2, -0.15) is 0 Å². The first-order chi connectivity index (χ1) is 9.20. The summed E-state index contributed by atoms with van der Waals surface area (Å²) >= 11 is 0. The van der Waals surface area contributed by atoms with Crippen LogP contribution >= 0.6 is 0 Å². The highest BCUT2D eigenvalue weighted by atomic mass is 16.5. The van der Waals surface area contributed by atoms with Gasteiger partial charge in [-0.3, -0.25) is 4.98 Å². The zero-order valence-electron chi connectivity index (χ0n) is 11.8. The molecule has 0 amide bonds. The number of nitrogens with zero attached hydrogens (tertiary/aromatic N) is 1. The first kappa shape index (κ1) is 12.4. The van der Waals surface area contributed by atoms with Crippen molar-refractivity contribution < 1.29 is 4.74 Å². The van der Waals surface area contributed by atoms with Gasteiger partial charge in [0.25, 0.3) is 0 Å². The lowest BCUT2D eigenvalue weighted by Gasteiger charge is -2.22. The zero-order valence-corrected chi connectivity index (χ0v) is 11.8. The number of hydrogen-bond donors (Lipinski definition) is 1. The Labute approximate surface area is 114 Å². The molecule has 0 unspecified atom stereocenters. The van der Waals surface area contributed by atoms with Crippen molar-refractivity contribution in [3.05, 3.63) is 34.5 Å². The van der Waals surface area contributed by atoms with Gasteiger partial charge in [-0.15, -0.1) is 0 Å². The van der Waals surface area contributed by atoms with E-state index in [2.05, 4.69) is 38.2 Å². The Balaban J connectivity index is 2.35. The Hall–Kier alpha value is -1.61. The number of fused-ring (bicyclic) bond motifs is 2. The van der Waals surface area contributed by atoms with Gasteiger partial charge in [-0.1, -0.05) is 11.6 Å². The largest absolute Gasteiger partial charge is 0.384 e. The number of benzene rings is 1. The van der Waals surface area contributed by atoms with E-state index >= 15 is 0 Å². The summed E-state index contributed by atoms with van der Waals surface area (Å²) in [4.78, 5) is 4.88. The van der Waals surface area contributed by atoms with E-state index in [-0.39, 0.29) is 0 Å². The van der Waals surface area contributed by atoms with E-state index in [0.717, 1.165) is 25.1 Å². The molecule has 3 heteroatoms. The lowest BCUT2D eigenvalue weighted by Crippen LogP contribution is -2.15. The van der Waals surface area contributed by atoms with E-state index in [1.165, 1.54) is 33.5 Å². The fraction of sp³-hybridized carbons (Fsp3) is 0.438. The summed E-state index contributed by atoms with van der Waals surface area (Å²) in [6, 6.07) is 4.43. The van der Waals surface area contributed by atoms with Gasteiger partial charge in [0.1, 0.15) is 0 Å². The molecule has 2 aromatic rings. The van der Waals surface area contributed by atoms with Crippen molar-refractivity contribution in [2.45, 2.75) is 33.8 Å². The van der Waals surface area contributed by atoms with E-state index in [4.69, 9.17) is 9.72 Å². The molecular formula is C16H20N2O. The molecule has 0 spiro atoms. The minimum Gasteiger partial charge on any atom is -0.384 e. The van der Waals surface area contributed by atoms with Crippen molar-refractivity contribution in [2.75, 3.05) is 18.5 Å². The van der Waals surface area contributed by atoms with Gasteiger partial charge in [0.05, 0.1) is 30.1 Å². The molecule has 0 saturated carbocycles. The number of ether oxygens (including phenoxy) is 1. The number of aromatic nitrogens is 1. The Morgan fingerprint density at radius 3 is 2.95 bits per heavy atom. The van der Waals surface area contributed by atoms with Gasteiger partial charge in [0, 0.05) is 23.9 Å². The summed E-state index contributed by atoms with van der Waals surface area (Å²) in [6.07, 6.45) is 0.914.